The fraction of sp³-hybridized carbons (Fsp3) is 0.0435. The Morgan fingerprint density at radius 2 is 1.62 bits per heavy atom. The van der Waals surface area contributed by atoms with Gasteiger partial charge in [0.2, 0.25) is 5.70 Å². The lowest BCUT2D eigenvalue weighted by atomic mass is 9.99. The van der Waals surface area contributed by atoms with Gasteiger partial charge in [-0.3, -0.25) is 4.99 Å². The van der Waals surface area contributed by atoms with Crippen molar-refractivity contribution in [2.75, 3.05) is 0 Å². The van der Waals surface area contributed by atoms with Crippen LogP contribution in [0.5, 0.6) is 0 Å². The number of quaternary nitrogens is 1. The summed E-state index contributed by atoms with van der Waals surface area (Å²) in [5.74, 6) is 4.11. The number of allylic oxidation sites excluding steroid dienone is 4. The Morgan fingerprint density at radius 1 is 0.931 bits per heavy atom. The Labute approximate surface area is 166 Å². The van der Waals surface area contributed by atoms with Crippen LogP contribution in [0.3, 0.4) is 0 Å². The molecule has 3 aliphatic rings. The second-order valence-corrected chi connectivity index (χ2v) is 7.02. The summed E-state index contributed by atoms with van der Waals surface area (Å²) >= 11 is 0. The lowest BCUT2D eigenvalue weighted by Crippen LogP contribution is -2.53. The van der Waals surface area contributed by atoms with E-state index in [1.165, 1.54) is 24.3 Å². The van der Waals surface area contributed by atoms with E-state index in [-0.39, 0.29) is 15.7 Å². The first-order valence-electron chi connectivity index (χ1n) is 9.15. The van der Waals surface area contributed by atoms with Crippen molar-refractivity contribution in [3.8, 4) is 0 Å². The molecule has 0 radical (unpaired) electrons. The molecule has 2 aromatic rings. The van der Waals surface area contributed by atoms with Crippen LogP contribution in [0.25, 0.3) is 0 Å². The van der Waals surface area contributed by atoms with Crippen molar-refractivity contribution in [2.24, 2.45) is 15.8 Å². The average Bonchev–Trinajstić information content (AvgIpc) is 3.00. The van der Waals surface area contributed by atoms with E-state index in [0.717, 1.165) is 17.0 Å². The summed E-state index contributed by atoms with van der Waals surface area (Å²) < 4.78 is 29.6. The minimum absolute atomic E-state index is 0.0431. The third kappa shape index (κ3) is 2.65. The Kier molecular flexibility index (Phi) is 3.81. The van der Waals surface area contributed by atoms with Crippen molar-refractivity contribution in [2.45, 2.75) is 5.92 Å². The topological polar surface area (TPSA) is 50.7 Å². The molecule has 6 heteroatoms. The Balaban J connectivity index is 1.52. The Hall–Kier alpha value is -3.48. The predicted octanol–water partition coefficient (Wildman–Crippen LogP) is 4.54. The minimum Gasteiger partial charge on any atom is -0.253 e. The maximum Gasteiger partial charge on any atom is 0.298 e. The number of amidine groups is 1. The van der Waals surface area contributed by atoms with Crippen molar-refractivity contribution in [3.05, 3.63) is 119 Å². The van der Waals surface area contributed by atoms with Crippen LogP contribution in [-0.4, -0.2) is 16.6 Å². The zero-order chi connectivity index (χ0) is 20.1. The van der Waals surface area contributed by atoms with Crippen LogP contribution >= 0.6 is 0 Å². The van der Waals surface area contributed by atoms with Crippen LogP contribution in [0.4, 0.5) is 8.78 Å². The zero-order valence-electron chi connectivity index (χ0n) is 15.3. The number of benzene rings is 2. The average molecular weight is 387 g/mol. The molecule has 29 heavy (non-hydrogen) atoms. The maximum absolute atomic E-state index is 14.9. The first-order valence-corrected chi connectivity index (χ1v) is 9.15. The monoisotopic (exact) mass is 387 g/mol. The van der Waals surface area contributed by atoms with E-state index in [1.807, 2.05) is 18.2 Å². The summed E-state index contributed by atoms with van der Waals surface area (Å²) in [6.07, 6.45) is 10.9. The molecule has 1 unspecified atom stereocenters. The first kappa shape index (κ1) is 17.6. The molecule has 0 saturated heterocycles. The fourth-order valence-corrected chi connectivity index (χ4v) is 3.58. The van der Waals surface area contributed by atoms with E-state index in [4.69, 9.17) is 10.8 Å². The van der Waals surface area contributed by atoms with Crippen LogP contribution in [0.1, 0.15) is 16.7 Å². The van der Waals surface area contributed by atoms with Gasteiger partial charge in [0.15, 0.2) is 0 Å². The van der Waals surface area contributed by atoms with Gasteiger partial charge in [-0.05, 0) is 12.1 Å². The number of halogens is 2. The van der Waals surface area contributed by atoms with Gasteiger partial charge in [0, 0.05) is 16.7 Å². The second kappa shape index (κ2) is 6.27. The van der Waals surface area contributed by atoms with Crippen LogP contribution in [-0.2, 0) is 5.92 Å². The lowest BCUT2D eigenvalue weighted by Gasteiger charge is -2.26. The van der Waals surface area contributed by atoms with Gasteiger partial charge in [-0.15, -0.1) is 4.59 Å². The van der Waals surface area contributed by atoms with Crippen molar-refractivity contribution in [3.63, 3.8) is 0 Å². The number of hydrogen-bond donors (Lipinski definition) is 1. The molecular formula is C23H17F2N4+. The number of aliphatic imine (C=N–C) groups is 2. The molecule has 1 aliphatic carbocycles. The molecule has 5 rings (SSSR count). The standard InChI is InChI=1S/C23H17F2N4/c24-23(25,18-7-2-1-3-8-18)19-11-9-17(10-12-19)22-28-21(16-5-4-6-16)20-15-27-13-14-29(20,22)26/h1-15H,26H2/q+1. The van der Waals surface area contributed by atoms with Crippen molar-refractivity contribution < 1.29 is 13.4 Å². The summed E-state index contributed by atoms with van der Waals surface area (Å²) in [4.78, 5) is 8.92. The van der Waals surface area contributed by atoms with Crippen LogP contribution in [0, 0.1) is 0 Å². The third-order valence-electron chi connectivity index (χ3n) is 5.26. The third-order valence-corrected chi connectivity index (χ3v) is 5.26. The molecule has 2 aromatic carbocycles. The van der Waals surface area contributed by atoms with E-state index in [0.29, 0.717) is 11.4 Å². The molecule has 0 aromatic heterocycles. The number of fused-ring (bicyclic) bond motifs is 1. The van der Waals surface area contributed by atoms with Gasteiger partial charge in [-0.2, -0.15) is 19.6 Å². The van der Waals surface area contributed by atoms with E-state index in [1.54, 1.807) is 48.9 Å². The molecule has 0 fully saturated rings. The van der Waals surface area contributed by atoms with E-state index in [2.05, 4.69) is 4.99 Å². The van der Waals surface area contributed by atoms with Gasteiger partial charge in [-0.1, -0.05) is 60.7 Å². The SMILES string of the molecule is N[N+]12C=CN=CC1=C(C1=CC=C1)N=C2c1ccc(C(F)(F)c2ccccc2)cc1. The molecule has 1 atom stereocenters. The van der Waals surface area contributed by atoms with E-state index >= 15 is 0 Å². The smallest absolute Gasteiger partial charge is 0.253 e. The highest BCUT2D eigenvalue weighted by atomic mass is 19.3. The van der Waals surface area contributed by atoms with Crippen molar-refractivity contribution in [1.82, 2.24) is 0 Å². The molecule has 0 bridgehead atoms. The summed E-state index contributed by atoms with van der Waals surface area (Å²) in [5.41, 5.74) is 3.02. The number of rotatable bonds is 4. The molecule has 2 heterocycles. The van der Waals surface area contributed by atoms with Gasteiger partial charge in [-0.25, -0.2) is 0 Å². The zero-order valence-corrected chi connectivity index (χ0v) is 15.3. The predicted molar refractivity (Wildman–Crippen MR) is 109 cm³/mol. The van der Waals surface area contributed by atoms with Crippen LogP contribution in [0.15, 0.2) is 112 Å². The molecule has 142 valence electrons. The highest BCUT2D eigenvalue weighted by Gasteiger charge is 2.45. The fourth-order valence-electron chi connectivity index (χ4n) is 3.58. The number of alkyl halides is 2. The van der Waals surface area contributed by atoms with Gasteiger partial charge in [0.05, 0.1) is 18.0 Å². The highest BCUT2D eigenvalue weighted by Crippen LogP contribution is 2.38. The van der Waals surface area contributed by atoms with Crippen LogP contribution in [0.2, 0.25) is 0 Å². The number of nitrogens with two attached hydrogens (primary N) is 1. The quantitative estimate of drug-likeness (QED) is 0.608. The van der Waals surface area contributed by atoms with Crippen LogP contribution < -0.4 is 5.84 Å². The summed E-state index contributed by atoms with van der Waals surface area (Å²) in [5, 5.41) is 0. The van der Waals surface area contributed by atoms with E-state index < -0.39 is 5.92 Å². The molecule has 2 aliphatic heterocycles. The minimum atomic E-state index is -3.08. The van der Waals surface area contributed by atoms with Gasteiger partial charge in [0.25, 0.3) is 11.8 Å². The summed E-state index contributed by atoms with van der Waals surface area (Å²) in [7, 11) is 0. The Bertz CT molecular complexity index is 1170. The molecule has 0 amide bonds. The number of hydrogen-bond acceptors (Lipinski definition) is 3. The maximum atomic E-state index is 14.9. The van der Waals surface area contributed by atoms with Crippen molar-refractivity contribution in [1.29, 1.82) is 0 Å². The molecule has 0 saturated carbocycles. The largest absolute Gasteiger partial charge is 0.298 e. The lowest BCUT2D eigenvalue weighted by molar-refractivity contribution is -0.750. The van der Waals surface area contributed by atoms with Gasteiger partial charge in [0.1, 0.15) is 11.9 Å². The molecule has 2 N–H and O–H groups in total. The normalized spacial score (nSPS) is 22.3. The molecular weight excluding hydrogens is 370 g/mol. The van der Waals surface area contributed by atoms with Gasteiger partial charge >= 0.3 is 0 Å². The second-order valence-electron chi connectivity index (χ2n) is 7.02. The Morgan fingerprint density at radius 3 is 2.28 bits per heavy atom. The molecule has 4 nitrogen and oxygen atoms in total. The highest BCUT2D eigenvalue weighted by molar-refractivity contribution is 6.01. The first-order chi connectivity index (χ1) is 14.0. The van der Waals surface area contributed by atoms with E-state index in [9.17, 15) is 8.78 Å². The number of nitrogens with zero attached hydrogens (tertiary/aromatic N) is 3. The van der Waals surface area contributed by atoms with Crippen molar-refractivity contribution >= 4 is 12.1 Å². The summed E-state index contributed by atoms with van der Waals surface area (Å²) in [6.45, 7) is 0. The molecule has 0 spiro atoms. The summed E-state index contributed by atoms with van der Waals surface area (Å²) in [6, 6.07) is 13.9. The van der Waals surface area contributed by atoms with Gasteiger partial charge < -0.3 is 0 Å².